The van der Waals surface area contributed by atoms with Crippen LogP contribution in [-0.4, -0.2) is 36.6 Å². The van der Waals surface area contributed by atoms with E-state index in [0.29, 0.717) is 5.13 Å². The fourth-order valence-corrected chi connectivity index (χ4v) is 5.01. The first kappa shape index (κ1) is 18.1. The van der Waals surface area contributed by atoms with Crippen molar-refractivity contribution in [2.24, 2.45) is 0 Å². The van der Waals surface area contributed by atoms with Gasteiger partial charge in [-0.25, -0.2) is 0 Å². The number of thioether (sulfide) groups is 1. The summed E-state index contributed by atoms with van der Waals surface area (Å²) in [5.74, 6) is 0.933. The number of hydrogen-bond donors (Lipinski definition) is 1. The summed E-state index contributed by atoms with van der Waals surface area (Å²) >= 11 is 4.41. The summed E-state index contributed by atoms with van der Waals surface area (Å²) in [7, 11) is 0. The van der Waals surface area contributed by atoms with E-state index in [0.717, 1.165) is 28.1 Å². The zero-order chi connectivity index (χ0) is 18.8. The van der Waals surface area contributed by atoms with Crippen LogP contribution >= 0.6 is 34.4 Å². The highest BCUT2D eigenvalue weighted by molar-refractivity contribution is 7.99. The van der Waals surface area contributed by atoms with Crippen molar-refractivity contribution in [3.8, 4) is 11.4 Å². The van der Waals surface area contributed by atoms with Crippen LogP contribution in [0.2, 0.25) is 0 Å². The van der Waals surface area contributed by atoms with E-state index in [1.807, 2.05) is 23.6 Å². The maximum Gasteiger partial charge on any atom is 0.236 e. The summed E-state index contributed by atoms with van der Waals surface area (Å²) in [6.07, 6.45) is 0. The first-order valence-electron chi connectivity index (χ1n) is 8.28. The number of anilines is 1. The second kappa shape index (κ2) is 7.75. The topological polar surface area (TPSA) is 85.6 Å². The quantitative estimate of drug-likeness (QED) is 0.477. The number of thiophene rings is 1. The van der Waals surface area contributed by atoms with Gasteiger partial charge in [-0.05, 0) is 19.9 Å². The van der Waals surface area contributed by atoms with Crippen molar-refractivity contribution >= 4 is 55.6 Å². The minimum atomic E-state index is -0.135. The van der Waals surface area contributed by atoms with E-state index in [4.69, 9.17) is 0 Å². The number of hydrogen-bond acceptors (Lipinski definition) is 8. The minimum Gasteiger partial charge on any atom is -0.302 e. The van der Waals surface area contributed by atoms with Crippen molar-refractivity contribution in [1.82, 2.24) is 25.0 Å². The molecule has 27 heavy (non-hydrogen) atoms. The molecular formula is C17H16N6OS3. The molecule has 1 amide bonds. The van der Waals surface area contributed by atoms with Crippen molar-refractivity contribution in [3.63, 3.8) is 0 Å². The summed E-state index contributed by atoms with van der Waals surface area (Å²) in [6.45, 7) is 4.63. The van der Waals surface area contributed by atoms with E-state index in [9.17, 15) is 4.79 Å². The largest absolute Gasteiger partial charge is 0.302 e. The maximum atomic E-state index is 12.2. The van der Waals surface area contributed by atoms with Crippen molar-refractivity contribution < 1.29 is 4.79 Å². The summed E-state index contributed by atoms with van der Waals surface area (Å²) in [5.41, 5.74) is 1.07. The van der Waals surface area contributed by atoms with Gasteiger partial charge in [0.2, 0.25) is 11.0 Å². The van der Waals surface area contributed by atoms with E-state index >= 15 is 0 Å². The van der Waals surface area contributed by atoms with Gasteiger partial charge in [0, 0.05) is 27.6 Å². The second-order valence-electron chi connectivity index (χ2n) is 5.66. The number of rotatable bonds is 6. The lowest BCUT2D eigenvalue weighted by molar-refractivity contribution is -0.113. The first-order valence-corrected chi connectivity index (χ1v) is 11.0. The number of fused-ring (bicyclic) bond motifs is 1. The molecule has 0 aliphatic heterocycles. The molecule has 0 saturated carbocycles. The number of aromatic nitrogens is 5. The first-order chi connectivity index (χ1) is 13.2. The van der Waals surface area contributed by atoms with Crippen LogP contribution in [0.1, 0.15) is 11.9 Å². The predicted octanol–water partition coefficient (Wildman–Crippen LogP) is 4.07. The molecule has 1 aromatic carbocycles. The molecule has 0 fully saturated rings. The average Bonchev–Trinajstić information content (AvgIpc) is 3.37. The van der Waals surface area contributed by atoms with Crippen LogP contribution in [0, 0.1) is 6.92 Å². The molecule has 4 rings (SSSR count). The lowest BCUT2D eigenvalue weighted by atomic mass is 10.1. The highest BCUT2D eigenvalue weighted by Crippen LogP contribution is 2.34. The van der Waals surface area contributed by atoms with Gasteiger partial charge in [0.25, 0.3) is 0 Å². The van der Waals surface area contributed by atoms with E-state index in [-0.39, 0.29) is 11.7 Å². The fourth-order valence-electron chi connectivity index (χ4n) is 2.66. The summed E-state index contributed by atoms with van der Waals surface area (Å²) in [6, 6.07) is 8.26. The fraction of sp³-hybridized carbons (Fsp3) is 0.235. The predicted molar refractivity (Wildman–Crippen MR) is 111 cm³/mol. The second-order valence-corrected chi connectivity index (χ2v) is 8.69. The molecule has 0 unspecified atom stereocenters. The van der Waals surface area contributed by atoms with Crippen LogP contribution in [0.3, 0.4) is 0 Å². The third kappa shape index (κ3) is 3.73. The van der Waals surface area contributed by atoms with Crippen LogP contribution in [-0.2, 0) is 11.3 Å². The van der Waals surface area contributed by atoms with Gasteiger partial charge in [-0.3, -0.25) is 10.1 Å². The van der Waals surface area contributed by atoms with Gasteiger partial charge in [-0.1, -0.05) is 41.3 Å². The summed E-state index contributed by atoms with van der Waals surface area (Å²) in [4.78, 5) is 12.2. The smallest absolute Gasteiger partial charge is 0.236 e. The molecule has 0 spiro atoms. The molecule has 3 heterocycles. The summed E-state index contributed by atoms with van der Waals surface area (Å²) < 4.78 is 3.26. The van der Waals surface area contributed by atoms with Crippen molar-refractivity contribution in [1.29, 1.82) is 0 Å². The zero-order valence-electron chi connectivity index (χ0n) is 14.7. The van der Waals surface area contributed by atoms with Gasteiger partial charge in [0.15, 0.2) is 11.0 Å². The molecule has 0 bridgehead atoms. The molecule has 138 valence electrons. The molecule has 3 aromatic heterocycles. The molecule has 0 aliphatic rings. The third-order valence-corrected chi connectivity index (χ3v) is 6.54. The van der Waals surface area contributed by atoms with Crippen LogP contribution in [0.5, 0.6) is 0 Å². The van der Waals surface area contributed by atoms with Gasteiger partial charge in [-0.15, -0.1) is 31.7 Å². The monoisotopic (exact) mass is 416 g/mol. The molecule has 4 aromatic rings. The molecule has 10 heteroatoms. The molecule has 7 nitrogen and oxygen atoms in total. The Morgan fingerprint density at radius 3 is 2.85 bits per heavy atom. The molecule has 0 saturated heterocycles. The van der Waals surface area contributed by atoms with Crippen LogP contribution in [0.15, 0.2) is 34.8 Å². The normalized spacial score (nSPS) is 11.2. The van der Waals surface area contributed by atoms with E-state index in [1.54, 1.807) is 11.3 Å². The average molecular weight is 417 g/mol. The number of carbonyl (C=O) groups excluding carboxylic acids is 1. The Balaban J connectivity index is 1.52. The Morgan fingerprint density at radius 2 is 2.07 bits per heavy atom. The van der Waals surface area contributed by atoms with E-state index in [1.165, 1.54) is 33.2 Å². The molecule has 0 radical (unpaired) electrons. The Kier molecular flexibility index (Phi) is 5.19. The molecule has 0 atom stereocenters. The van der Waals surface area contributed by atoms with Gasteiger partial charge in [0.05, 0.1) is 5.75 Å². The van der Waals surface area contributed by atoms with Crippen molar-refractivity contribution in [3.05, 3.63) is 34.7 Å². The van der Waals surface area contributed by atoms with Gasteiger partial charge < -0.3 is 4.57 Å². The lowest BCUT2D eigenvalue weighted by Crippen LogP contribution is -2.14. The Labute approximate surface area is 167 Å². The zero-order valence-corrected chi connectivity index (χ0v) is 17.1. The highest BCUT2D eigenvalue weighted by Gasteiger charge is 2.17. The standard InChI is InChI=1S/C17H16N6OS3/c1-3-23-15(12-8-25-13-7-5-4-6-11(12)13)20-22-17(23)26-9-14(24)18-16-21-19-10(2)27-16/h4-8H,3,9H2,1-2H3,(H,18,21,24). The van der Waals surface area contributed by atoms with Gasteiger partial charge in [-0.2, -0.15) is 0 Å². The number of nitrogens with zero attached hydrogens (tertiary/aromatic N) is 5. The third-order valence-electron chi connectivity index (χ3n) is 3.86. The summed E-state index contributed by atoms with van der Waals surface area (Å²) in [5, 5.41) is 24.6. The van der Waals surface area contributed by atoms with Crippen molar-refractivity contribution in [2.75, 3.05) is 11.1 Å². The lowest BCUT2D eigenvalue weighted by Gasteiger charge is -2.06. The SMILES string of the molecule is CCn1c(SCC(=O)Nc2nnc(C)s2)nnc1-c1csc2ccccc12. The van der Waals surface area contributed by atoms with Crippen LogP contribution in [0.25, 0.3) is 21.5 Å². The Bertz CT molecular complexity index is 1100. The minimum absolute atomic E-state index is 0.135. The number of aryl methyl sites for hydroxylation is 1. The molecule has 0 aliphatic carbocycles. The highest BCUT2D eigenvalue weighted by atomic mass is 32.2. The number of carbonyl (C=O) groups is 1. The number of amides is 1. The van der Waals surface area contributed by atoms with Crippen LogP contribution < -0.4 is 5.32 Å². The van der Waals surface area contributed by atoms with Crippen LogP contribution in [0.4, 0.5) is 5.13 Å². The van der Waals surface area contributed by atoms with E-state index in [2.05, 4.69) is 50.1 Å². The Morgan fingerprint density at radius 1 is 1.22 bits per heavy atom. The van der Waals surface area contributed by atoms with Gasteiger partial charge in [0.1, 0.15) is 5.01 Å². The van der Waals surface area contributed by atoms with E-state index < -0.39 is 0 Å². The number of nitrogens with one attached hydrogen (secondary N) is 1. The van der Waals surface area contributed by atoms with Crippen molar-refractivity contribution in [2.45, 2.75) is 25.5 Å². The Hall–Kier alpha value is -2.30. The number of benzene rings is 1. The van der Waals surface area contributed by atoms with Gasteiger partial charge >= 0.3 is 0 Å². The molecule has 1 N–H and O–H groups in total. The molecular weight excluding hydrogens is 400 g/mol. The maximum absolute atomic E-state index is 12.2.